The van der Waals surface area contributed by atoms with E-state index in [1.54, 1.807) is 12.1 Å². The first-order valence-electron chi connectivity index (χ1n) is 6.91. The van der Waals surface area contributed by atoms with Crippen LogP contribution in [0.25, 0.3) is 0 Å². The van der Waals surface area contributed by atoms with E-state index >= 15 is 0 Å². The minimum absolute atomic E-state index is 0.0516. The number of nitrogens with one attached hydrogen (secondary N) is 1. The highest BCUT2D eigenvalue weighted by molar-refractivity contribution is 7.91. The molecule has 1 aromatic rings. The number of hydrogen-bond acceptors (Lipinski definition) is 4. The largest absolute Gasteiger partial charge is 0.389 e. The highest BCUT2D eigenvalue weighted by Crippen LogP contribution is 2.24. The van der Waals surface area contributed by atoms with Gasteiger partial charge in [0.15, 0.2) is 0 Å². The zero-order chi connectivity index (χ0) is 14.6. The molecule has 1 fully saturated rings. The molecule has 1 saturated carbocycles. The molecule has 112 valence electrons. The van der Waals surface area contributed by atoms with Crippen molar-refractivity contribution >= 4 is 38.6 Å². The van der Waals surface area contributed by atoms with Crippen LogP contribution in [0.15, 0.2) is 16.3 Å². The van der Waals surface area contributed by atoms with Crippen molar-refractivity contribution in [2.24, 2.45) is 5.73 Å². The highest BCUT2D eigenvalue weighted by atomic mass is 32.2. The molecule has 1 aromatic heterocycles. The maximum atomic E-state index is 12.3. The molecule has 1 heterocycles. The molecular weight excluding hydrogens is 312 g/mol. The molecule has 1 aliphatic rings. The number of thiophene rings is 1. The van der Waals surface area contributed by atoms with Crippen LogP contribution in [-0.2, 0) is 10.0 Å². The van der Waals surface area contributed by atoms with E-state index in [0.717, 1.165) is 37.0 Å². The molecular formula is C13H20N2O2S3. The van der Waals surface area contributed by atoms with Crippen molar-refractivity contribution < 1.29 is 8.42 Å². The maximum absolute atomic E-state index is 12.3. The second-order valence-corrected chi connectivity index (χ2v) is 8.61. The van der Waals surface area contributed by atoms with Gasteiger partial charge >= 0.3 is 0 Å². The average molecular weight is 333 g/mol. The first-order chi connectivity index (χ1) is 9.49. The van der Waals surface area contributed by atoms with E-state index in [9.17, 15) is 8.42 Å². The van der Waals surface area contributed by atoms with E-state index in [-0.39, 0.29) is 11.0 Å². The fourth-order valence-electron chi connectivity index (χ4n) is 2.45. The smallest absolute Gasteiger partial charge is 0.250 e. The van der Waals surface area contributed by atoms with Crippen LogP contribution in [0.2, 0.25) is 0 Å². The Balaban J connectivity index is 2.06. The highest BCUT2D eigenvalue weighted by Gasteiger charge is 2.22. The fraction of sp³-hybridized carbons (Fsp3) is 0.615. The maximum Gasteiger partial charge on any atom is 0.250 e. The second kappa shape index (κ2) is 6.98. The molecule has 0 aromatic carbocycles. The van der Waals surface area contributed by atoms with Crippen LogP contribution in [0.4, 0.5) is 0 Å². The summed E-state index contributed by atoms with van der Waals surface area (Å²) >= 11 is 5.99. The Morgan fingerprint density at radius 1 is 1.20 bits per heavy atom. The van der Waals surface area contributed by atoms with Gasteiger partial charge in [0.2, 0.25) is 10.0 Å². The monoisotopic (exact) mass is 332 g/mol. The summed E-state index contributed by atoms with van der Waals surface area (Å²) in [4.78, 5) is 0.875. The van der Waals surface area contributed by atoms with Gasteiger partial charge in [-0.3, -0.25) is 0 Å². The number of hydrogen-bond donors (Lipinski definition) is 2. The standard InChI is InChI=1S/C13H20N2O2S3/c14-13(18)11-8-9-12(19-11)20(16,17)15-10-6-4-2-1-3-5-7-10/h8-10,15H,1-7H2,(H2,14,18). The molecule has 0 amide bonds. The summed E-state index contributed by atoms with van der Waals surface area (Å²) in [5.41, 5.74) is 5.52. The molecule has 3 N–H and O–H groups in total. The Morgan fingerprint density at radius 2 is 1.80 bits per heavy atom. The molecule has 4 nitrogen and oxygen atoms in total. The van der Waals surface area contributed by atoms with E-state index in [0.29, 0.717) is 9.09 Å². The van der Waals surface area contributed by atoms with Crippen LogP contribution in [0.3, 0.4) is 0 Å². The third kappa shape index (κ3) is 4.25. The third-order valence-electron chi connectivity index (χ3n) is 3.52. The summed E-state index contributed by atoms with van der Waals surface area (Å²) in [7, 11) is -3.45. The van der Waals surface area contributed by atoms with Gasteiger partial charge in [-0.15, -0.1) is 11.3 Å². The number of nitrogens with two attached hydrogens (primary N) is 1. The number of rotatable bonds is 4. The van der Waals surface area contributed by atoms with Crippen molar-refractivity contribution in [3.63, 3.8) is 0 Å². The van der Waals surface area contributed by atoms with Crippen molar-refractivity contribution in [3.8, 4) is 0 Å². The Kier molecular flexibility index (Phi) is 5.54. The zero-order valence-corrected chi connectivity index (χ0v) is 13.7. The van der Waals surface area contributed by atoms with Crippen LogP contribution in [-0.4, -0.2) is 19.4 Å². The summed E-state index contributed by atoms with van der Waals surface area (Å²) in [6.07, 6.45) is 7.69. The van der Waals surface area contributed by atoms with Crippen molar-refractivity contribution in [3.05, 3.63) is 17.0 Å². The Labute approximate surface area is 129 Å². The van der Waals surface area contributed by atoms with Crippen LogP contribution in [0, 0.1) is 0 Å². The van der Waals surface area contributed by atoms with Crippen molar-refractivity contribution in [1.29, 1.82) is 0 Å². The van der Waals surface area contributed by atoms with Gasteiger partial charge in [0.25, 0.3) is 0 Å². The fourth-order valence-corrected chi connectivity index (χ4v) is 5.12. The first-order valence-corrected chi connectivity index (χ1v) is 9.62. The van der Waals surface area contributed by atoms with Gasteiger partial charge in [-0.2, -0.15) is 0 Å². The lowest BCUT2D eigenvalue weighted by Crippen LogP contribution is -2.34. The number of sulfonamides is 1. The van der Waals surface area contributed by atoms with E-state index < -0.39 is 10.0 Å². The lowest BCUT2D eigenvalue weighted by atomic mass is 9.97. The quantitative estimate of drug-likeness (QED) is 0.832. The summed E-state index contributed by atoms with van der Waals surface area (Å²) in [6, 6.07) is 3.29. The van der Waals surface area contributed by atoms with E-state index in [1.807, 2.05) is 0 Å². The summed E-state index contributed by atoms with van der Waals surface area (Å²) in [5, 5.41) is 0. The van der Waals surface area contributed by atoms with Crippen LogP contribution >= 0.6 is 23.6 Å². The molecule has 20 heavy (non-hydrogen) atoms. The minimum atomic E-state index is -3.45. The van der Waals surface area contributed by atoms with Crippen molar-refractivity contribution in [1.82, 2.24) is 4.72 Å². The molecule has 0 aliphatic heterocycles. The summed E-state index contributed by atoms with van der Waals surface area (Å²) in [5.74, 6) is 0. The summed E-state index contributed by atoms with van der Waals surface area (Å²) < 4.78 is 27.8. The molecule has 0 atom stereocenters. The Morgan fingerprint density at radius 3 is 2.35 bits per heavy atom. The van der Waals surface area contributed by atoms with Crippen LogP contribution < -0.4 is 10.5 Å². The predicted molar refractivity (Wildman–Crippen MR) is 86.6 cm³/mol. The Bertz CT molecular complexity index is 558. The second-order valence-electron chi connectivity index (χ2n) is 5.15. The van der Waals surface area contributed by atoms with Crippen LogP contribution in [0.5, 0.6) is 0 Å². The number of thiocarbonyl (C=S) groups is 1. The lowest BCUT2D eigenvalue weighted by molar-refractivity contribution is 0.427. The van der Waals surface area contributed by atoms with Gasteiger partial charge in [-0.1, -0.05) is 44.3 Å². The van der Waals surface area contributed by atoms with Crippen molar-refractivity contribution in [2.75, 3.05) is 0 Å². The lowest BCUT2D eigenvalue weighted by Gasteiger charge is -2.20. The topological polar surface area (TPSA) is 72.2 Å². The first kappa shape index (κ1) is 15.9. The Hall–Kier alpha value is -0.500. The molecule has 0 bridgehead atoms. The van der Waals surface area contributed by atoms with Gasteiger partial charge in [0, 0.05) is 6.04 Å². The van der Waals surface area contributed by atoms with E-state index in [4.69, 9.17) is 18.0 Å². The van der Waals surface area contributed by atoms with Crippen molar-refractivity contribution in [2.45, 2.75) is 55.2 Å². The molecule has 7 heteroatoms. The van der Waals surface area contributed by atoms with Crippen LogP contribution in [0.1, 0.15) is 49.8 Å². The third-order valence-corrected chi connectivity index (χ3v) is 7.00. The molecule has 0 saturated heterocycles. The summed E-state index contributed by atoms with van der Waals surface area (Å²) in [6.45, 7) is 0. The van der Waals surface area contributed by atoms with Gasteiger partial charge < -0.3 is 5.73 Å². The molecule has 1 aliphatic carbocycles. The molecule has 0 radical (unpaired) electrons. The van der Waals surface area contributed by atoms with E-state index in [2.05, 4.69) is 4.72 Å². The van der Waals surface area contributed by atoms with Gasteiger partial charge in [0.1, 0.15) is 9.20 Å². The molecule has 2 rings (SSSR count). The zero-order valence-electron chi connectivity index (χ0n) is 11.3. The molecule has 0 spiro atoms. The minimum Gasteiger partial charge on any atom is -0.389 e. The van der Waals surface area contributed by atoms with Gasteiger partial charge in [-0.25, -0.2) is 13.1 Å². The SMILES string of the molecule is NC(=S)c1ccc(S(=O)(=O)NC2CCCCCCC2)s1. The predicted octanol–water partition coefficient (Wildman–Crippen LogP) is 2.77. The molecule has 0 unspecified atom stereocenters. The normalized spacial score (nSPS) is 18.4. The van der Waals surface area contributed by atoms with Gasteiger partial charge in [0.05, 0.1) is 4.88 Å². The van der Waals surface area contributed by atoms with Gasteiger partial charge in [-0.05, 0) is 25.0 Å². The van der Waals surface area contributed by atoms with E-state index in [1.165, 1.54) is 19.3 Å². The average Bonchev–Trinajstić information content (AvgIpc) is 2.82.